The third-order valence-electron chi connectivity index (χ3n) is 3.85. The highest BCUT2D eigenvalue weighted by Gasteiger charge is 2.34. The molecule has 1 aliphatic rings. The number of hydrogen-bond acceptors (Lipinski definition) is 4. The minimum absolute atomic E-state index is 0.0153. The molecule has 0 aromatic heterocycles. The third kappa shape index (κ3) is 2.85. The van der Waals surface area contributed by atoms with Gasteiger partial charge < -0.3 is 5.73 Å². The minimum atomic E-state index is -3.51. The van der Waals surface area contributed by atoms with Crippen LogP contribution in [0.4, 0.5) is 0 Å². The fourth-order valence-corrected chi connectivity index (χ4v) is 4.25. The molecule has 1 fully saturated rings. The molecule has 108 valence electrons. The van der Waals surface area contributed by atoms with Crippen LogP contribution in [0.3, 0.4) is 0 Å². The molecule has 6 heteroatoms. The fourth-order valence-electron chi connectivity index (χ4n) is 2.51. The van der Waals surface area contributed by atoms with Crippen molar-refractivity contribution in [3.05, 3.63) is 29.8 Å². The summed E-state index contributed by atoms with van der Waals surface area (Å²) >= 11 is 0. The topological polar surface area (TPSA) is 87.2 Å². The molecule has 0 aliphatic carbocycles. The Morgan fingerprint density at radius 1 is 1.35 bits per heavy atom. The van der Waals surface area contributed by atoms with E-state index in [-0.39, 0.29) is 16.9 Å². The van der Waals surface area contributed by atoms with E-state index in [2.05, 4.69) is 0 Å². The molecule has 1 aromatic rings. The van der Waals surface area contributed by atoms with Gasteiger partial charge in [-0.1, -0.05) is 0 Å². The maximum absolute atomic E-state index is 12.7. The molecule has 0 amide bonds. The van der Waals surface area contributed by atoms with Gasteiger partial charge in [0.05, 0.1) is 16.5 Å². The van der Waals surface area contributed by atoms with Crippen LogP contribution in [0.2, 0.25) is 0 Å². The highest BCUT2D eigenvalue weighted by atomic mass is 32.2. The molecule has 1 heterocycles. The summed E-state index contributed by atoms with van der Waals surface area (Å²) in [5.41, 5.74) is 6.13. The minimum Gasteiger partial charge on any atom is -0.330 e. The molecule has 0 saturated carbocycles. The average molecular weight is 293 g/mol. The molecule has 0 bridgehead atoms. The van der Waals surface area contributed by atoms with Gasteiger partial charge >= 0.3 is 0 Å². The van der Waals surface area contributed by atoms with Crippen molar-refractivity contribution >= 4 is 10.0 Å². The van der Waals surface area contributed by atoms with Gasteiger partial charge in [-0.2, -0.15) is 9.57 Å². The molecule has 1 aliphatic heterocycles. The van der Waals surface area contributed by atoms with E-state index in [0.29, 0.717) is 18.7 Å². The smallest absolute Gasteiger partial charge is 0.243 e. The quantitative estimate of drug-likeness (QED) is 0.910. The van der Waals surface area contributed by atoms with Gasteiger partial charge in [0.15, 0.2) is 0 Å². The molecular formula is C14H19N3O2S. The van der Waals surface area contributed by atoms with Gasteiger partial charge in [0, 0.05) is 12.6 Å². The molecule has 0 radical (unpaired) electrons. The van der Waals surface area contributed by atoms with E-state index in [1.54, 1.807) is 0 Å². The second-order valence-corrected chi connectivity index (χ2v) is 7.13. The lowest BCUT2D eigenvalue weighted by Gasteiger charge is -2.36. The van der Waals surface area contributed by atoms with E-state index >= 15 is 0 Å². The maximum Gasteiger partial charge on any atom is 0.243 e. The number of piperidine rings is 1. The van der Waals surface area contributed by atoms with Gasteiger partial charge in [-0.3, -0.25) is 0 Å². The lowest BCUT2D eigenvalue weighted by molar-refractivity contribution is 0.211. The first kappa shape index (κ1) is 15.0. The Kier molecular flexibility index (Phi) is 4.43. The first-order chi connectivity index (χ1) is 9.48. The third-order valence-corrected chi connectivity index (χ3v) is 5.84. The first-order valence-corrected chi connectivity index (χ1v) is 8.15. The second kappa shape index (κ2) is 5.92. The summed E-state index contributed by atoms with van der Waals surface area (Å²) in [7, 11) is -3.51. The van der Waals surface area contributed by atoms with E-state index in [4.69, 9.17) is 11.0 Å². The molecule has 2 rings (SSSR count). The van der Waals surface area contributed by atoms with Crippen LogP contribution in [0.25, 0.3) is 0 Å². The van der Waals surface area contributed by atoms with Crippen LogP contribution in [0.15, 0.2) is 29.2 Å². The van der Waals surface area contributed by atoms with Gasteiger partial charge in [0.2, 0.25) is 10.0 Å². The second-order valence-electron chi connectivity index (χ2n) is 5.24. The molecule has 1 saturated heterocycles. The average Bonchev–Trinajstić information content (AvgIpc) is 2.47. The molecule has 5 nitrogen and oxygen atoms in total. The van der Waals surface area contributed by atoms with Crippen molar-refractivity contribution in [3.8, 4) is 6.07 Å². The predicted octanol–water partition coefficient (Wildman–Crippen LogP) is 1.31. The number of nitrogens with two attached hydrogens (primary N) is 1. The van der Waals surface area contributed by atoms with Gasteiger partial charge in [-0.15, -0.1) is 0 Å². The zero-order valence-corrected chi connectivity index (χ0v) is 12.3. The summed E-state index contributed by atoms with van der Waals surface area (Å²) in [4.78, 5) is 0.237. The summed E-state index contributed by atoms with van der Waals surface area (Å²) in [5.74, 6) is 0.222. The Balaban J connectivity index is 2.30. The van der Waals surface area contributed by atoms with Crippen LogP contribution in [-0.2, 0) is 10.0 Å². The van der Waals surface area contributed by atoms with Gasteiger partial charge in [-0.25, -0.2) is 8.42 Å². The van der Waals surface area contributed by atoms with Crippen molar-refractivity contribution in [2.24, 2.45) is 11.7 Å². The Hall–Kier alpha value is -1.42. The maximum atomic E-state index is 12.7. The van der Waals surface area contributed by atoms with Crippen LogP contribution >= 0.6 is 0 Å². The number of hydrogen-bond donors (Lipinski definition) is 1. The Morgan fingerprint density at radius 2 is 2.00 bits per heavy atom. The first-order valence-electron chi connectivity index (χ1n) is 6.71. The van der Waals surface area contributed by atoms with Crippen LogP contribution in [0.5, 0.6) is 0 Å². The summed E-state index contributed by atoms with van der Waals surface area (Å²) < 4.78 is 26.9. The lowest BCUT2D eigenvalue weighted by atomic mass is 9.96. The van der Waals surface area contributed by atoms with Crippen molar-refractivity contribution in [3.63, 3.8) is 0 Å². The molecule has 2 unspecified atom stereocenters. The number of nitrogens with zero attached hydrogens (tertiary/aromatic N) is 2. The summed E-state index contributed by atoms with van der Waals surface area (Å²) in [6, 6.07) is 8.01. The van der Waals surface area contributed by atoms with Gasteiger partial charge in [0.1, 0.15) is 0 Å². The Labute approximate surface area is 120 Å². The van der Waals surface area contributed by atoms with E-state index in [1.165, 1.54) is 28.6 Å². The summed E-state index contributed by atoms with van der Waals surface area (Å²) in [5, 5.41) is 8.76. The number of nitriles is 1. The molecule has 20 heavy (non-hydrogen) atoms. The highest BCUT2D eigenvalue weighted by molar-refractivity contribution is 7.89. The monoisotopic (exact) mass is 293 g/mol. The van der Waals surface area contributed by atoms with Gasteiger partial charge in [0.25, 0.3) is 0 Å². The normalized spacial score (nSPS) is 24.2. The molecule has 2 atom stereocenters. The summed E-state index contributed by atoms with van der Waals surface area (Å²) in [6.45, 7) is 2.90. The van der Waals surface area contributed by atoms with E-state index in [1.807, 2.05) is 13.0 Å². The van der Waals surface area contributed by atoms with E-state index < -0.39 is 10.0 Å². The van der Waals surface area contributed by atoms with E-state index in [0.717, 1.165) is 12.8 Å². The number of rotatable bonds is 3. The van der Waals surface area contributed by atoms with Crippen molar-refractivity contribution in [2.45, 2.75) is 30.7 Å². The van der Waals surface area contributed by atoms with Crippen LogP contribution in [0, 0.1) is 17.2 Å². The molecule has 2 N–H and O–H groups in total. The highest BCUT2D eigenvalue weighted by Crippen LogP contribution is 2.27. The largest absolute Gasteiger partial charge is 0.330 e. The van der Waals surface area contributed by atoms with Crippen molar-refractivity contribution in [1.29, 1.82) is 5.26 Å². The summed E-state index contributed by atoms with van der Waals surface area (Å²) in [6.07, 6.45) is 1.80. The fraction of sp³-hybridized carbons (Fsp3) is 0.500. The van der Waals surface area contributed by atoms with Crippen molar-refractivity contribution < 1.29 is 8.42 Å². The van der Waals surface area contributed by atoms with Crippen molar-refractivity contribution in [1.82, 2.24) is 4.31 Å². The van der Waals surface area contributed by atoms with E-state index in [9.17, 15) is 8.42 Å². The number of sulfonamides is 1. The Morgan fingerprint density at radius 3 is 2.55 bits per heavy atom. The molecule has 0 spiro atoms. The molecule has 1 aromatic carbocycles. The standard InChI is InChI=1S/C14H19N3O2S/c1-11-2-3-13(9-16)10-17(11)20(18,19)14-6-4-12(8-15)5-7-14/h4-7,11,13H,2-3,9-10,16H2,1H3. The zero-order valence-electron chi connectivity index (χ0n) is 11.5. The number of benzene rings is 1. The zero-order chi connectivity index (χ0) is 14.8. The van der Waals surface area contributed by atoms with Gasteiger partial charge in [-0.05, 0) is 56.5 Å². The predicted molar refractivity (Wildman–Crippen MR) is 76.3 cm³/mol. The Bertz CT molecular complexity index is 604. The van der Waals surface area contributed by atoms with Crippen LogP contribution < -0.4 is 5.73 Å². The van der Waals surface area contributed by atoms with Crippen LogP contribution in [-0.4, -0.2) is 31.9 Å². The lowest BCUT2D eigenvalue weighted by Crippen LogP contribution is -2.46. The van der Waals surface area contributed by atoms with Crippen molar-refractivity contribution in [2.75, 3.05) is 13.1 Å². The SMILES string of the molecule is CC1CCC(CN)CN1S(=O)(=O)c1ccc(C#N)cc1. The van der Waals surface area contributed by atoms with Crippen LogP contribution in [0.1, 0.15) is 25.3 Å². The molecular weight excluding hydrogens is 274 g/mol.